The van der Waals surface area contributed by atoms with Crippen molar-refractivity contribution in [2.75, 3.05) is 0 Å². The Bertz CT molecular complexity index is 307. The number of hydrogen-bond donors (Lipinski definition) is 0. The average molecular weight is 383 g/mol. The van der Waals surface area contributed by atoms with Gasteiger partial charge in [0.25, 0.3) is 0 Å². The largest absolute Gasteiger partial charge is 0.368 e. The summed E-state index contributed by atoms with van der Waals surface area (Å²) in [6.45, 7) is 19.0. The van der Waals surface area contributed by atoms with Gasteiger partial charge in [0.1, 0.15) is 0 Å². The second kappa shape index (κ2) is 14.9. The lowest BCUT2D eigenvalue weighted by molar-refractivity contribution is -0.213. The molecule has 1 nitrogen and oxygen atoms in total. The summed E-state index contributed by atoms with van der Waals surface area (Å²) in [4.78, 5) is 0. The van der Waals surface area contributed by atoms with Crippen LogP contribution in [0.3, 0.4) is 0 Å². The fourth-order valence-electron chi connectivity index (χ4n) is 5.14. The molecule has 0 heterocycles. The molecule has 0 aliphatic heterocycles. The Morgan fingerprint density at radius 2 is 0.926 bits per heavy atom. The zero-order valence-corrected chi connectivity index (χ0v) is 20.5. The quantitative estimate of drug-likeness (QED) is 0.214. The summed E-state index contributed by atoms with van der Waals surface area (Å²) in [5, 5.41) is 0. The summed E-state index contributed by atoms with van der Waals surface area (Å²) in [5.41, 5.74) is 0.130. The first-order valence-corrected chi connectivity index (χ1v) is 12.6. The van der Waals surface area contributed by atoms with E-state index < -0.39 is 0 Å². The smallest absolute Gasteiger partial charge is 0.0713 e. The second-order valence-corrected chi connectivity index (χ2v) is 9.23. The van der Waals surface area contributed by atoms with Crippen LogP contribution in [0.1, 0.15) is 145 Å². The highest BCUT2D eigenvalue weighted by Crippen LogP contribution is 2.44. The van der Waals surface area contributed by atoms with Gasteiger partial charge in [-0.05, 0) is 50.4 Å². The predicted molar refractivity (Wildman–Crippen MR) is 124 cm³/mol. The van der Waals surface area contributed by atoms with E-state index in [1.54, 1.807) is 0 Å². The highest BCUT2D eigenvalue weighted by Gasteiger charge is 2.44. The van der Waals surface area contributed by atoms with Gasteiger partial charge in [-0.2, -0.15) is 0 Å². The summed E-state index contributed by atoms with van der Waals surface area (Å²) < 4.78 is 7.45. The van der Waals surface area contributed by atoms with Crippen molar-refractivity contribution >= 4 is 0 Å². The zero-order valence-electron chi connectivity index (χ0n) is 20.5. The van der Waals surface area contributed by atoms with Crippen molar-refractivity contribution in [2.24, 2.45) is 11.8 Å². The van der Waals surface area contributed by atoms with Crippen molar-refractivity contribution in [1.29, 1.82) is 0 Å². The summed E-state index contributed by atoms with van der Waals surface area (Å²) in [5.74, 6) is 1.30. The van der Waals surface area contributed by atoms with Crippen LogP contribution in [0, 0.1) is 11.8 Å². The average Bonchev–Trinajstić information content (AvgIpc) is 2.66. The third-order valence-electron chi connectivity index (χ3n) is 7.25. The Kier molecular flexibility index (Phi) is 14.9. The van der Waals surface area contributed by atoms with E-state index in [-0.39, 0.29) is 11.2 Å². The molecule has 0 aliphatic rings. The van der Waals surface area contributed by atoms with Crippen molar-refractivity contribution in [1.82, 2.24) is 0 Å². The van der Waals surface area contributed by atoms with E-state index in [2.05, 4.69) is 55.4 Å². The van der Waals surface area contributed by atoms with E-state index in [9.17, 15) is 0 Å². The Morgan fingerprint density at radius 3 is 1.19 bits per heavy atom. The van der Waals surface area contributed by atoms with Crippen LogP contribution in [0.15, 0.2) is 0 Å². The Hall–Kier alpha value is -0.0400. The van der Waals surface area contributed by atoms with Crippen LogP contribution < -0.4 is 0 Å². The summed E-state index contributed by atoms with van der Waals surface area (Å²) >= 11 is 0. The van der Waals surface area contributed by atoms with Crippen molar-refractivity contribution in [3.05, 3.63) is 0 Å². The molecule has 0 saturated heterocycles. The first kappa shape index (κ1) is 27.0. The molecule has 0 aromatic heterocycles. The number of ether oxygens (including phenoxy) is 1. The molecule has 164 valence electrons. The highest BCUT2D eigenvalue weighted by atomic mass is 16.5. The van der Waals surface area contributed by atoms with Crippen molar-refractivity contribution < 1.29 is 4.74 Å². The first-order chi connectivity index (χ1) is 12.9. The zero-order chi connectivity index (χ0) is 20.8. The Labute approximate surface area is 173 Å². The summed E-state index contributed by atoms with van der Waals surface area (Å²) in [7, 11) is 0. The van der Waals surface area contributed by atoms with Crippen molar-refractivity contribution in [3.63, 3.8) is 0 Å². The molecule has 0 aromatic carbocycles. The molecule has 4 atom stereocenters. The van der Waals surface area contributed by atoms with E-state index in [0.717, 1.165) is 12.8 Å². The van der Waals surface area contributed by atoms with E-state index >= 15 is 0 Å². The van der Waals surface area contributed by atoms with Gasteiger partial charge in [0.05, 0.1) is 11.2 Å². The number of unbranched alkanes of at least 4 members (excludes halogenated alkanes) is 4. The molecule has 0 amide bonds. The maximum atomic E-state index is 7.45. The topological polar surface area (TPSA) is 9.23 Å². The molecule has 4 unspecified atom stereocenters. The molecule has 0 saturated carbocycles. The van der Waals surface area contributed by atoms with E-state index in [0.29, 0.717) is 11.8 Å². The van der Waals surface area contributed by atoms with Gasteiger partial charge in [0.15, 0.2) is 0 Å². The van der Waals surface area contributed by atoms with E-state index in [4.69, 9.17) is 4.74 Å². The van der Waals surface area contributed by atoms with Gasteiger partial charge in [-0.15, -0.1) is 0 Å². The predicted octanol–water partition coefficient (Wildman–Crippen LogP) is 9.33. The highest BCUT2D eigenvalue weighted by molar-refractivity contribution is 4.94. The van der Waals surface area contributed by atoms with Gasteiger partial charge in [-0.3, -0.25) is 0 Å². The fraction of sp³-hybridized carbons (Fsp3) is 1.00. The van der Waals surface area contributed by atoms with Crippen LogP contribution in [-0.2, 0) is 4.74 Å². The third kappa shape index (κ3) is 8.46. The molecule has 0 radical (unpaired) electrons. The van der Waals surface area contributed by atoms with Gasteiger partial charge in [0.2, 0.25) is 0 Å². The molecular weight excluding hydrogens is 328 g/mol. The number of hydrogen-bond acceptors (Lipinski definition) is 1. The Balaban J connectivity index is 5.74. The SMILES string of the molecule is CCCCCC(CC)(OC(CC)(CCCCC)C(C)CCC)C(C)CCC. The molecule has 0 aromatic rings. The molecule has 0 fully saturated rings. The monoisotopic (exact) mass is 382 g/mol. The normalized spacial score (nSPS) is 18.7. The van der Waals surface area contributed by atoms with Crippen molar-refractivity contribution in [3.8, 4) is 0 Å². The lowest BCUT2D eigenvalue weighted by atomic mass is 9.74. The molecule has 0 spiro atoms. The minimum absolute atomic E-state index is 0.0649. The molecule has 0 N–H and O–H groups in total. The van der Waals surface area contributed by atoms with Gasteiger partial charge in [-0.25, -0.2) is 0 Å². The molecule has 0 aliphatic carbocycles. The molecule has 1 heteroatoms. The van der Waals surface area contributed by atoms with Crippen LogP contribution in [0.2, 0.25) is 0 Å². The standard InChI is InChI=1S/C26H54O/c1-9-15-17-21-25(13-5,23(7)19-11-3)27-26(14-6,22-18-16-10-2)24(8)20-12-4/h23-24H,9-22H2,1-8H3. The minimum Gasteiger partial charge on any atom is -0.368 e. The molecule has 0 bridgehead atoms. The van der Waals surface area contributed by atoms with Crippen LogP contribution in [0.25, 0.3) is 0 Å². The maximum Gasteiger partial charge on any atom is 0.0713 e. The lowest BCUT2D eigenvalue weighted by Crippen LogP contribution is -2.51. The molecular formula is C26H54O. The van der Waals surface area contributed by atoms with Crippen LogP contribution >= 0.6 is 0 Å². The lowest BCUT2D eigenvalue weighted by Gasteiger charge is -2.50. The van der Waals surface area contributed by atoms with Gasteiger partial charge < -0.3 is 4.74 Å². The van der Waals surface area contributed by atoms with Crippen LogP contribution in [-0.4, -0.2) is 11.2 Å². The van der Waals surface area contributed by atoms with E-state index in [1.807, 2.05) is 0 Å². The summed E-state index contributed by atoms with van der Waals surface area (Å²) in [6, 6.07) is 0. The van der Waals surface area contributed by atoms with Crippen LogP contribution in [0.4, 0.5) is 0 Å². The molecule has 27 heavy (non-hydrogen) atoms. The van der Waals surface area contributed by atoms with Crippen molar-refractivity contribution in [2.45, 2.75) is 156 Å². The molecule has 0 rings (SSSR count). The first-order valence-electron chi connectivity index (χ1n) is 12.6. The van der Waals surface area contributed by atoms with Crippen LogP contribution in [0.5, 0.6) is 0 Å². The van der Waals surface area contributed by atoms with Gasteiger partial charge in [-0.1, -0.05) is 107 Å². The maximum absolute atomic E-state index is 7.45. The van der Waals surface area contributed by atoms with Gasteiger partial charge in [0, 0.05) is 0 Å². The number of rotatable bonds is 18. The third-order valence-corrected chi connectivity index (χ3v) is 7.25. The Morgan fingerprint density at radius 1 is 0.556 bits per heavy atom. The minimum atomic E-state index is 0.0649. The summed E-state index contributed by atoms with van der Waals surface area (Å²) in [6.07, 6.45) is 17.8. The van der Waals surface area contributed by atoms with Gasteiger partial charge >= 0.3 is 0 Å². The second-order valence-electron chi connectivity index (χ2n) is 9.23. The van der Waals surface area contributed by atoms with E-state index in [1.165, 1.54) is 77.0 Å². The fourth-order valence-corrected chi connectivity index (χ4v) is 5.14.